The van der Waals surface area contributed by atoms with Crippen molar-refractivity contribution in [3.05, 3.63) is 72.9 Å². The number of unbranched alkanes of at least 4 members (excludes halogenated alkanes) is 28. The maximum absolute atomic E-state index is 12.8. The van der Waals surface area contributed by atoms with E-state index in [0.717, 1.165) is 103 Å². The summed E-state index contributed by atoms with van der Waals surface area (Å²) in [7, 11) is 0. The van der Waals surface area contributed by atoms with Crippen LogP contribution in [-0.4, -0.2) is 37.2 Å². The number of esters is 3. The van der Waals surface area contributed by atoms with Crippen LogP contribution in [0.5, 0.6) is 0 Å². The quantitative estimate of drug-likeness (QED) is 0.0199. The first kappa shape index (κ1) is 62.8. The highest BCUT2D eigenvalue weighted by molar-refractivity contribution is 5.71. The molecule has 0 fully saturated rings. The van der Waals surface area contributed by atoms with Gasteiger partial charge in [-0.3, -0.25) is 14.4 Å². The normalized spacial score (nSPS) is 12.6. The molecular formula is C60H104O6. The lowest BCUT2D eigenvalue weighted by molar-refractivity contribution is -0.167. The zero-order valence-electron chi connectivity index (χ0n) is 43.4. The van der Waals surface area contributed by atoms with Gasteiger partial charge in [0.25, 0.3) is 0 Å². The zero-order valence-corrected chi connectivity index (χ0v) is 43.4. The fraction of sp³-hybridized carbons (Fsp3) is 0.750. The summed E-state index contributed by atoms with van der Waals surface area (Å²) in [5, 5.41) is 0. The van der Waals surface area contributed by atoms with E-state index < -0.39 is 6.10 Å². The lowest BCUT2D eigenvalue weighted by atomic mass is 10.1. The van der Waals surface area contributed by atoms with Gasteiger partial charge < -0.3 is 14.2 Å². The van der Waals surface area contributed by atoms with E-state index in [2.05, 4.69) is 93.7 Å². The molecule has 0 aliphatic heterocycles. The van der Waals surface area contributed by atoms with Crippen LogP contribution in [0.25, 0.3) is 0 Å². The average molecular weight is 921 g/mol. The number of rotatable bonds is 50. The van der Waals surface area contributed by atoms with Gasteiger partial charge in [-0.15, -0.1) is 0 Å². The van der Waals surface area contributed by atoms with Crippen molar-refractivity contribution >= 4 is 17.9 Å². The Hall–Kier alpha value is -3.15. The van der Waals surface area contributed by atoms with Crippen LogP contribution in [0.15, 0.2) is 72.9 Å². The maximum Gasteiger partial charge on any atom is 0.306 e. The van der Waals surface area contributed by atoms with Crippen LogP contribution in [0.1, 0.15) is 271 Å². The van der Waals surface area contributed by atoms with Crippen molar-refractivity contribution in [2.75, 3.05) is 13.2 Å². The van der Waals surface area contributed by atoms with E-state index in [1.54, 1.807) is 0 Å². The first-order valence-electron chi connectivity index (χ1n) is 28.0. The summed E-state index contributed by atoms with van der Waals surface area (Å²) in [5.74, 6) is -0.914. The first-order valence-corrected chi connectivity index (χ1v) is 28.0. The Morgan fingerprint density at radius 3 is 1.08 bits per heavy atom. The molecule has 0 rings (SSSR count). The van der Waals surface area contributed by atoms with E-state index in [1.165, 1.54) is 128 Å². The minimum atomic E-state index is -0.789. The van der Waals surface area contributed by atoms with Gasteiger partial charge in [-0.05, 0) is 103 Å². The summed E-state index contributed by atoms with van der Waals surface area (Å²) in [6.07, 6.45) is 68.8. The third-order valence-electron chi connectivity index (χ3n) is 11.9. The summed E-state index contributed by atoms with van der Waals surface area (Å²) < 4.78 is 16.8. The molecule has 66 heavy (non-hydrogen) atoms. The molecule has 6 heteroatoms. The van der Waals surface area contributed by atoms with E-state index in [1.807, 2.05) is 0 Å². The maximum atomic E-state index is 12.8. The summed E-state index contributed by atoms with van der Waals surface area (Å²) in [6.45, 7) is 6.48. The molecule has 0 aromatic carbocycles. The monoisotopic (exact) mass is 921 g/mol. The molecule has 380 valence electrons. The zero-order chi connectivity index (χ0) is 47.9. The molecule has 0 saturated heterocycles. The van der Waals surface area contributed by atoms with Crippen LogP contribution in [0, 0.1) is 0 Å². The molecule has 6 nitrogen and oxygen atoms in total. The van der Waals surface area contributed by atoms with E-state index in [4.69, 9.17) is 14.2 Å². The lowest BCUT2D eigenvalue weighted by Gasteiger charge is -2.18. The van der Waals surface area contributed by atoms with Gasteiger partial charge in [0.2, 0.25) is 0 Å². The number of ether oxygens (including phenoxy) is 3. The largest absolute Gasteiger partial charge is 0.462 e. The minimum Gasteiger partial charge on any atom is -0.462 e. The molecule has 0 N–H and O–H groups in total. The predicted octanol–water partition coefficient (Wildman–Crippen LogP) is 18.6. The van der Waals surface area contributed by atoms with Gasteiger partial charge in [-0.25, -0.2) is 0 Å². The van der Waals surface area contributed by atoms with Gasteiger partial charge in [0.1, 0.15) is 13.2 Å². The Kier molecular flexibility index (Phi) is 51.9. The van der Waals surface area contributed by atoms with E-state index in [-0.39, 0.29) is 31.1 Å². The average Bonchev–Trinajstić information content (AvgIpc) is 3.31. The second kappa shape index (κ2) is 54.5. The van der Waals surface area contributed by atoms with Crippen LogP contribution in [0.2, 0.25) is 0 Å². The fourth-order valence-corrected chi connectivity index (χ4v) is 7.74. The number of hydrogen-bond acceptors (Lipinski definition) is 6. The van der Waals surface area contributed by atoms with Crippen LogP contribution in [0.4, 0.5) is 0 Å². The van der Waals surface area contributed by atoms with Gasteiger partial charge in [0, 0.05) is 19.3 Å². The molecule has 0 amide bonds. The minimum absolute atomic E-state index is 0.0869. The van der Waals surface area contributed by atoms with Crippen LogP contribution >= 0.6 is 0 Å². The van der Waals surface area contributed by atoms with Crippen molar-refractivity contribution in [2.24, 2.45) is 0 Å². The molecule has 0 bridgehead atoms. The van der Waals surface area contributed by atoms with Crippen LogP contribution in [0.3, 0.4) is 0 Å². The van der Waals surface area contributed by atoms with Crippen molar-refractivity contribution in [2.45, 2.75) is 277 Å². The summed E-state index contributed by atoms with van der Waals surface area (Å²) in [6, 6.07) is 0. The highest BCUT2D eigenvalue weighted by Gasteiger charge is 2.19. The highest BCUT2D eigenvalue weighted by Crippen LogP contribution is 2.15. The summed E-state index contributed by atoms with van der Waals surface area (Å²) >= 11 is 0. The third kappa shape index (κ3) is 51.8. The topological polar surface area (TPSA) is 78.9 Å². The number of allylic oxidation sites excluding steroid dienone is 12. The van der Waals surface area contributed by atoms with Crippen molar-refractivity contribution < 1.29 is 28.6 Å². The first-order chi connectivity index (χ1) is 32.5. The lowest BCUT2D eigenvalue weighted by Crippen LogP contribution is -2.30. The van der Waals surface area contributed by atoms with E-state index >= 15 is 0 Å². The molecule has 1 atom stereocenters. The molecule has 0 radical (unpaired) electrons. The Bertz CT molecular complexity index is 1240. The smallest absolute Gasteiger partial charge is 0.306 e. The summed E-state index contributed by atoms with van der Waals surface area (Å²) in [4.78, 5) is 38.1. The van der Waals surface area contributed by atoms with E-state index in [0.29, 0.717) is 19.3 Å². The van der Waals surface area contributed by atoms with Crippen molar-refractivity contribution in [3.63, 3.8) is 0 Å². The number of carbonyl (C=O) groups is 3. The SMILES string of the molecule is CC/C=C\C/C=C\C/C=C\CCCCCCCCC(=O)OC(COC(=O)CCCCC/C=C\CCCCCCCC)COC(=O)CCCCCCCCCCCC/C=C\C=C/CCCCC. The molecule has 0 spiro atoms. The molecule has 0 aliphatic carbocycles. The second-order valence-electron chi connectivity index (χ2n) is 18.5. The summed E-state index contributed by atoms with van der Waals surface area (Å²) in [5.41, 5.74) is 0. The molecule has 0 aromatic heterocycles. The molecular weight excluding hydrogens is 817 g/mol. The van der Waals surface area contributed by atoms with Crippen LogP contribution < -0.4 is 0 Å². The standard InChI is InChI=1S/C60H104O6/c1-4-7-10-13-16-19-22-25-27-29-30-31-33-35-38-41-44-47-50-53-59(62)65-56-57(55-64-58(61)52-49-46-43-40-37-34-24-21-18-15-12-9-6-3)66-60(63)54-51-48-45-42-39-36-32-28-26-23-20-17-14-11-8-5-2/h8,11,16-17,19-20,22,25-26,28,34,37,57H,4-7,9-10,12-15,18,21,23-24,27,29-33,35-36,38-56H2,1-3H3/b11-8-,19-16-,20-17-,25-22-,28-26-,37-34-. The Morgan fingerprint density at radius 1 is 0.333 bits per heavy atom. The Morgan fingerprint density at radius 2 is 0.636 bits per heavy atom. The van der Waals surface area contributed by atoms with Crippen LogP contribution in [-0.2, 0) is 28.6 Å². The highest BCUT2D eigenvalue weighted by atomic mass is 16.6. The van der Waals surface area contributed by atoms with Crippen molar-refractivity contribution in [1.29, 1.82) is 0 Å². The van der Waals surface area contributed by atoms with Gasteiger partial charge in [-0.2, -0.15) is 0 Å². The fourth-order valence-electron chi connectivity index (χ4n) is 7.74. The van der Waals surface area contributed by atoms with E-state index in [9.17, 15) is 14.4 Å². The molecule has 0 saturated carbocycles. The number of hydrogen-bond donors (Lipinski definition) is 0. The van der Waals surface area contributed by atoms with Gasteiger partial charge in [0.05, 0.1) is 0 Å². The number of carbonyl (C=O) groups excluding carboxylic acids is 3. The molecule has 0 aromatic rings. The molecule has 0 heterocycles. The van der Waals surface area contributed by atoms with Gasteiger partial charge >= 0.3 is 17.9 Å². The predicted molar refractivity (Wildman–Crippen MR) is 284 cm³/mol. The van der Waals surface area contributed by atoms with Gasteiger partial charge in [0.15, 0.2) is 6.10 Å². The molecule has 0 aliphatic rings. The second-order valence-corrected chi connectivity index (χ2v) is 18.5. The van der Waals surface area contributed by atoms with Crippen molar-refractivity contribution in [3.8, 4) is 0 Å². The Balaban J connectivity index is 4.39. The van der Waals surface area contributed by atoms with Gasteiger partial charge in [-0.1, -0.05) is 222 Å². The molecule has 1 unspecified atom stereocenters. The Labute approximate surface area is 408 Å². The third-order valence-corrected chi connectivity index (χ3v) is 11.9. The van der Waals surface area contributed by atoms with Crippen molar-refractivity contribution in [1.82, 2.24) is 0 Å².